The van der Waals surface area contributed by atoms with Gasteiger partial charge in [-0.05, 0) is 84.4 Å². The number of rotatable bonds is 9. The molecular weight excluding hydrogens is 557 g/mol. The molecule has 6 nitrogen and oxygen atoms in total. The van der Waals surface area contributed by atoms with Gasteiger partial charge in [0.2, 0.25) is 0 Å². The van der Waals surface area contributed by atoms with Gasteiger partial charge in [-0.1, -0.05) is 46.9 Å². The summed E-state index contributed by atoms with van der Waals surface area (Å²) in [6.07, 6.45) is 1.54. The normalized spacial score (nSPS) is 14.4. The van der Waals surface area contributed by atoms with Crippen molar-refractivity contribution in [1.29, 1.82) is 0 Å². The van der Waals surface area contributed by atoms with E-state index < -0.39 is 11.1 Å². The molecule has 0 N–H and O–H groups in total. The fraction of sp³-hybridized carbons (Fsp3) is 0.148. The molecule has 0 radical (unpaired) electrons. The number of hydrogen-bond acceptors (Lipinski definition) is 6. The molecule has 1 fully saturated rings. The summed E-state index contributed by atoms with van der Waals surface area (Å²) < 4.78 is 11.6. The Balaban J connectivity index is 1.52. The van der Waals surface area contributed by atoms with Crippen molar-refractivity contribution < 1.29 is 23.9 Å². The van der Waals surface area contributed by atoms with Gasteiger partial charge in [0.05, 0.1) is 23.1 Å². The summed E-state index contributed by atoms with van der Waals surface area (Å²) in [6, 6.07) is 16.8. The van der Waals surface area contributed by atoms with E-state index in [-0.39, 0.29) is 28.9 Å². The number of halogens is 3. The van der Waals surface area contributed by atoms with Gasteiger partial charge in [0.25, 0.3) is 11.1 Å². The number of ether oxygens (including phenoxy) is 2. The van der Waals surface area contributed by atoms with Crippen molar-refractivity contribution in [2.75, 3.05) is 13.2 Å². The summed E-state index contributed by atoms with van der Waals surface area (Å²) in [4.78, 5) is 39.1. The third-order valence-electron chi connectivity index (χ3n) is 5.27. The van der Waals surface area contributed by atoms with E-state index in [2.05, 4.69) is 0 Å². The maximum absolute atomic E-state index is 12.9. The lowest BCUT2D eigenvalue weighted by atomic mass is 10.1. The number of hydrogen-bond donors (Lipinski definition) is 0. The predicted molar refractivity (Wildman–Crippen MR) is 147 cm³/mol. The minimum Gasteiger partial charge on any atom is -0.490 e. The molecule has 0 atom stereocenters. The average molecular weight is 577 g/mol. The van der Waals surface area contributed by atoms with Crippen molar-refractivity contribution in [3.63, 3.8) is 0 Å². The zero-order valence-corrected chi connectivity index (χ0v) is 22.6. The van der Waals surface area contributed by atoms with Crippen LogP contribution in [0.15, 0.2) is 65.6 Å². The maximum atomic E-state index is 12.9. The van der Waals surface area contributed by atoms with E-state index in [1.165, 1.54) is 6.08 Å². The van der Waals surface area contributed by atoms with Crippen molar-refractivity contribution in [2.45, 2.75) is 13.5 Å². The molecule has 0 spiro atoms. The number of carbonyl (C=O) groups is 3. The van der Waals surface area contributed by atoms with Gasteiger partial charge in [0.1, 0.15) is 6.61 Å². The van der Waals surface area contributed by atoms with Crippen LogP contribution in [0.3, 0.4) is 0 Å². The van der Waals surface area contributed by atoms with E-state index in [1.807, 2.05) is 19.1 Å². The third-order valence-corrected chi connectivity index (χ3v) is 6.96. The Labute approximate surface area is 233 Å². The van der Waals surface area contributed by atoms with Crippen LogP contribution < -0.4 is 9.47 Å². The van der Waals surface area contributed by atoms with E-state index in [9.17, 15) is 14.4 Å². The molecule has 0 bridgehead atoms. The highest BCUT2D eigenvalue weighted by Gasteiger charge is 2.36. The first kappa shape index (κ1) is 27.1. The van der Waals surface area contributed by atoms with Gasteiger partial charge in [-0.15, -0.1) is 0 Å². The Morgan fingerprint density at radius 3 is 2.24 bits per heavy atom. The molecule has 1 heterocycles. The fourth-order valence-electron chi connectivity index (χ4n) is 3.47. The summed E-state index contributed by atoms with van der Waals surface area (Å²) in [5.41, 5.74) is 1.80. The molecule has 1 aliphatic heterocycles. The van der Waals surface area contributed by atoms with E-state index in [0.29, 0.717) is 39.3 Å². The molecule has 3 aromatic rings. The minimum absolute atomic E-state index is 0.169. The molecule has 0 aliphatic carbocycles. The van der Waals surface area contributed by atoms with Gasteiger partial charge in [0.15, 0.2) is 17.3 Å². The second-order valence-corrected chi connectivity index (χ2v) is 10.1. The van der Waals surface area contributed by atoms with Crippen LogP contribution in [0.2, 0.25) is 15.1 Å². The van der Waals surface area contributed by atoms with Gasteiger partial charge in [0, 0.05) is 15.6 Å². The van der Waals surface area contributed by atoms with Gasteiger partial charge in [-0.25, -0.2) is 0 Å². The quantitative estimate of drug-likeness (QED) is 0.193. The first-order chi connectivity index (χ1) is 17.7. The van der Waals surface area contributed by atoms with Crippen molar-refractivity contribution in [3.05, 3.63) is 97.3 Å². The number of thioether (sulfide) groups is 1. The molecule has 1 saturated heterocycles. The van der Waals surface area contributed by atoms with Gasteiger partial charge in [-0.3, -0.25) is 19.3 Å². The van der Waals surface area contributed by atoms with Crippen LogP contribution in [0, 0.1) is 0 Å². The lowest BCUT2D eigenvalue weighted by molar-refractivity contribution is -0.122. The summed E-state index contributed by atoms with van der Waals surface area (Å²) in [5, 5.41) is 0.859. The topological polar surface area (TPSA) is 72.9 Å². The summed E-state index contributed by atoms with van der Waals surface area (Å²) in [7, 11) is 0. The molecule has 0 aromatic heterocycles. The summed E-state index contributed by atoms with van der Waals surface area (Å²) in [5.74, 6) is -0.178. The van der Waals surface area contributed by atoms with Crippen molar-refractivity contribution in [2.24, 2.45) is 0 Å². The number of carbonyl (C=O) groups excluding carboxylic acids is 3. The lowest BCUT2D eigenvalue weighted by Crippen LogP contribution is -2.33. The monoisotopic (exact) mass is 575 g/mol. The fourth-order valence-corrected chi connectivity index (χ4v) is 4.83. The smallest absolute Gasteiger partial charge is 0.293 e. The van der Waals surface area contributed by atoms with Gasteiger partial charge in [-0.2, -0.15) is 0 Å². The van der Waals surface area contributed by atoms with E-state index in [4.69, 9.17) is 44.3 Å². The molecule has 190 valence electrons. The molecule has 37 heavy (non-hydrogen) atoms. The molecule has 3 aromatic carbocycles. The molecule has 1 aliphatic rings. The Hall–Kier alpha value is -2.97. The Kier molecular flexibility index (Phi) is 8.82. The molecule has 0 saturated carbocycles. The standard InChI is InChI=1S/C27H20Cl3NO5S/c1-2-35-23-12-17(11-21(30)25(23)36-15-16-3-7-19(28)8-4-16)13-24-26(33)31(27(34)37-24)14-22(32)18-5-9-20(29)10-6-18/h3-13H,2,14-15H2,1H3/b24-13+. The van der Waals surface area contributed by atoms with Gasteiger partial charge >= 0.3 is 0 Å². The van der Waals surface area contributed by atoms with Crippen LogP contribution >= 0.6 is 46.6 Å². The minimum atomic E-state index is -0.561. The number of benzene rings is 3. The second kappa shape index (κ2) is 12.0. The van der Waals surface area contributed by atoms with Crippen molar-refractivity contribution >= 4 is 69.6 Å². The first-order valence-electron chi connectivity index (χ1n) is 11.1. The number of imide groups is 1. The van der Waals surface area contributed by atoms with Crippen LogP contribution in [0.4, 0.5) is 4.79 Å². The highest BCUT2D eigenvalue weighted by molar-refractivity contribution is 8.18. The predicted octanol–water partition coefficient (Wildman–Crippen LogP) is 7.54. The Bertz CT molecular complexity index is 1370. The second-order valence-electron chi connectivity index (χ2n) is 7.88. The highest BCUT2D eigenvalue weighted by Crippen LogP contribution is 2.39. The first-order valence-corrected chi connectivity index (χ1v) is 13.1. The number of Topliss-reactive ketones (excluding diaryl/α,β-unsaturated/α-hetero) is 1. The third kappa shape index (κ3) is 6.67. The van der Waals surface area contributed by atoms with Crippen LogP contribution in [0.1, 0.15) is 28.4 Å². The molecule has 2 amide bonds. The van der Waals surface area contributed by atoms with Crippen LogP contribution in [0.25, 0.3) is 6.08 Å². The van der Waals surface area contributed by atoms with Gasteiger partial charge < -0.3 is 9.47 Å². The zero-order chi connectivity index (χ0) is 26.5. The average Bonchev–Trinajstić information content (AvgIpc) is 3.12. The number of amides is 2. The largest absolute Gasteiger partial charge is 0.490 e. The molecule has 10 heteroatoms. The maximum Gasteiger partial charge on any atom is 0.293 e. The molecule has 4 rings (SSSR count). The SMILES string of the molecule is CCOc1cc(/C=C2/SC(=O)N(CC(=O)c3ccc(Cl)cc3)C2=O)cc(Cl)c1OCc1ccc(Cl)cc1. The van der Waals surface area contributed by atoms with E-state index in [1.54, 1.807) is 48.5 Å². The van der Waals surface area contributed by atoms with Crippen molar-refractivity contribution in [3.8, 4) is 11.5 Å². The van der Waals surface area contributed by atoms with Crippen molar-refractivity contribution in [1.82, 2.24) is 4.90 Å². The molecular formula is C27H20Cl3NO5S. The summed E-state index contributed by atoms with van der Waals surface area (Å²) in [6.45, 7) is 2.07. The zero-order valence-electron chi connectivity index (χ0n) is 19.5. The van der Waals surface area contributed by atoms with Crippen LogP contribution in [-0.4, -0.2) is 35.0 Å². The molecule has 0 unspecified atom stereocenters. The Morgan fingerprint density at radius 2 is 1.59 bits per heavy atom. The van der Waals surface area contributed by atoms with E-state index in [0.717, 1.165) is 22.2 Å². The number of ketones is 1. The van der Waals surface area contributed by atoms with E-state index >= 15 is 0 Å². The summed E-state index contributed by atoms with van der Waals surface area (Å²) >= 11 is 19.1. The van der Waals surface area contributed by atoms with Crippen LogP contribution in [-0.2, 0) is 11.4 Å². The highest BCUT2D eigenvalue weighted by atomic mass is 35.5. The number of nitrogens with zero attached hydrogens (tertiary/aromatic N) is 1. The lowest BCUT2D eigenvalue weighted by Gasteiger charge is -2.15. The Morgan fingerprint density at radius 1 is 0.946 bits per heavy atom. The van der Waals surface area contributed by atoms with Crippen LogP contribution in [0.5, 0.6) is 11.5 Å².